The number of halogens is 1. The number of methoxy groups -OCH3 is 1. The van der Waals surface area contributed by atoms with E-state index in [1.807, 2.05) is 13.8 Å². The monoisotopic (exact) mass is 373 g/mol. The van der Waals surface area contributed by atoms with Gasteiger partial charge in [-0.2, -0.15) is 0 Å². The summed E-state index contributed by atoms with van der Waals surface area (Å²) in [7, 11) is 1.42. The number of hydrogen-bond donors (Lipinski definition) is 0. The molecule has 0 aliphatic carbocycles. The highest BCUT2D eigenvalue weighted by atomic mass is 35.5. The fourth-order valence-electron chi connectivity index (χ4n) is 2.81. The Morgan fingerprint density at radius 3 is 2.62 bits per heavy atom. The van der Waals surface area contributed by atoms with Crippen molar-refractivity contribution in [2.24, 2.45) is 0 Å². The zero-order valence-corrected chi connectivity index (χ0v) is 15.4. The number of hydrogen-bond acceptors (Lipinski definition) is 5. The Kier molecular flexibility index (Phi) is 5.09. The van der Waals surface area contributed by atoms with Crippen molar-refractivity contribution in [3.05, 3.63) is 53.1 Å². The summed E-state index contributed by atoms with van der Waals surface area (Å²) in [6.45, 7) is 3.84. The van der Waals surface area contributed by atoms with E-state index in [2.05, 4.69) is 0 Å². The summed E-state index contributed by atoms with van der Waals surface area (Å²) < 4.78 is 16.6. The number of carbonyl (C=O) groups excluding carboxylic acids is 1. The van der Waals surface area contributed by atoms with Gasteiger partial charge in [-0.3, -0.25) is 4.79 Å². The lowest BCUT2D eigenvalue weighted by molar-refractivity contribution is -0.270. The van der Waals surface area contributed by atoms with Crippen molar-refractivity contribution >= 4 is 22.9 Å². The fourth-order valence-corrected chi connectivity index (χ4v) is 3.10. The van der Waals surface area contributed by atoms with E-state index in [9.17, 15) is 9.90 Å². The quantitative estimate of drug-likeness (QED) is 0.745. The predicted molar refractivity (Wildman–Crippen MR) is 96.9 cm³/mol. The van der Waals surface area contributed by atoms with E-state index in [-0.39, 0.29) is 28.2 Å². The van der Waals surface area contributed by atoms with Crippen molar-refractivity contribution in [3.63, 3.8) is 0 Å². The van der Waals surface area contributed by atoms with Gasteiger partial charge in [0.25, 0.3) is 0 Å². The molecule has 136 valence electrons. The van der Waals surface area contributed by atoms with E-state index in [0.29, 0.717) is 28.9 Å². The van der Waals surface area contributed by atoms with E-state index < -0.39 is 6.10 Å². The van der Waals surface area contributed by atoms with E-state index >= 15 is 0 Å². The van der Waals surface area contributed by atoms with Gasteiger partial charge >= 0.3 is 0 Å². The number of ether oxygens (including phenoxy) is 3. The highest BCUT2D eigenvalue weighted by Crippen LogP contribution is 2.45. The van der Waals surface area contributed by atoms with Gasteiger partial charge in [0, 0.05) is 5.56 Å². The van der Waals surface area contributed by atoms with E-state index in [0.717, 1.165) is 0 Å². The summed E-state index contributed by atoms with van der Waals surface area (Å²) in [5.41, 5.74) is 1.37. The number of rotatable bonds is 5. The van der Waals surface area contributed by atoms with Gasteiger partial charge < -0.3 is 19.3 Å². The molecule has 26 heavy (non-hydrogen) atoms. The van der Waals surface area contributed by atoms with Crippen LogP contribution < -0.4 is 19.3 Å². The Bertz CT molecular complexity index is 873. The third kappa shape index (κ3) is 3.35. The Morgan fingerprint density at radius 2 is 2.00 bits per heavy atom. The Hall–Kier alpha value is -2.66. The normalized spacial score (nSPS) is 16.1. The predicted octanol–water partition coefficient (Wildman–Crippen LogP) is 3.84. The average molecular weight is 374 g/mol. The third-order valence-electron chi connectivity index (χ3n) is 3.96. The molecule has 0 spiro atoms. The zero-order valence-electron chi connectivity index (χ0n) is 14.6. The van der Waals surface area contributed by atoms with Crippen molar-refractivity contribution in [2.45, 2.75) is 26.1 Å². The van der Waals surface area contributed by atoms with Crippen LogP contribution in [0.3, 0.4) is 0 Å². The summed E-state index contributed by atoms with van der Waals surface area (Å²) in [6, 6.07) is 9.87. The molecule has 2 aromatic carbocycles. The maximum Gasteiger partial charge on any atom is 0.153 e. The van der Waals surface area contributed by atoms with Crippen LogP contribution in [0.25, 0.3) is 5.03 Å². The molecule has 0 saturated carbocycles. The minimum absolute atomic E-state index is 0.00776. The van der Waals surface area contributed by atoms with Crippen molar-refractivity contribution in [3.8, 4) is 23.0 Å². The SMILES string of the molecule is COc1ccc(C2Oc3ccc(OC(C)C)cc3C(Cl)=C2C=O)cc1[O-]. The van der Waals surface area contributed by atoms with Crippen LogP contribution in [0.4, 0.5) is 0 Å². The fraction of sp³-hybridized carbons (Fsp3) is 0.250. The second kappa shape index (κ2) is 7.30. The molecule has 1 atom stereocenters. The third-order valence-corrected chi connectivity index (χ3v) is 4.38. The Labute approximate surface area is 156 Å². The van der Waals surface area contributed by atoms with Crippen LogP contribution in [0.5, 0.6) is 23.0 Å². The zero-order chi connectivity index (χ0) is 18.8. The van der Waals surface area contributed by atoms with Crippen LogP contribution >= 0.6 is 11.6 Å². The minimum Gasteiger partial charge on any atom is -0.870 e. The van der Waals surface area contributed by atoms with Crippen LogP contribution in [0.1, 0.15) is 31.1 Å². The molecule has 0 N–H and O–H groups in total. The standard InChI is InChI=1S/C20H19ClO5/c1-11(2)25-13-5-7-17-14(9-13)19(21)15(10-22)20(26-17)12-4-6-18(24-3)16(23)8-12/h4-11,20,23H,1-3H3/p-1. The van der Waals surface area contributed by atoms with Gasteiger partial charge in [-0.1, -0.05) is 29.5 Å². The highest BCUT2D eigenvalue weighted by molar-refractivity contribution is 6.51. The van der Waals surface area contributed by atoms with Gasteiger partial charge in [0.15, 0.2) is 12.4 Å². The lowest BCUT2D eigenvalue weighted by Crippen LogP contribution is -2.18. The second-order valence-electron chi connectivity index (χ2n) is 6.12. The first-order valence-corrected chi connectivity index (χ1v) is 8.50. The van der Waals surface area contributed by atoms with Crippen LogP contribution in [0.2, 0.25) is 0 Å². The number of benzene rings is 2. The molecule has 1 aliphatic heterocycles. The molecule has 0 fully saturated rings. The lowest BCUT2D eigenvalue weighted by Gasteiger charge is -2.28. The van der Waals surface area contributed by atoms with E-state index in [4.69, 9.17) is 25.8 Å². The summed E-state index contributed by atoms with van der Waals surface area (Å²) in [6.07, 6.45) is -0.1000. The maximum atomic E-state index is 12.0. The van der Waals surface area contributed by atoms with E-state index in [1.165, 1.54) is 13.2 Å². The summed E-state index contributed by atoms with van der Waals surface area (Å²) in [5.74, 6) is 1.09. The van der Waals surface area contributed by atoms with Crippen LogP contribution in [-0.4, -0.2) is 19.5 Å². The number of aldehydes is 1. The molecule has 5 nitrogen and oxygen atoms in total. The molecule has 0 radical (unpaired) electrons. The maximum absolute atomic E-state index is 12.0. The average Bonchev–Trinajstić information content (AvgIpc) is 2.61. The summed E-state index contributed by atoms with van der Waals surface area (Å²) in [4.78, 5) is 11.7. The lowest BCUT2D eigenvalue weighted by atomic mass is 9.96. The minimum atomic E-state index is -0.761. The number of fused-ring (bicyclic) bond motifs is 1. The van der Waals surface area contributed by atoms with Gasteiger partial charge in [0.1, 0.15) is 17.2 Å². The topological polar surface area (TPSA) is 67.8 Å². The first kappa shape index (κ1) is 18.1. The second-order valence-corrected chi connectivity index (χ2v) is 6.50. The highest BCUT2D eigenvalue weighted by Gasteiger charge is 2.29. The molecule has 0 aromatic heterocycles. The van der Waals surface area contributed by atoms with Gasteiger partial charge in [0.05, 0.1) is 23.8 Å². The molecule has 1 aliphatic rings. The van der Waals surface area contributed by atoms with Crippen LogP contribution in [-0.2, 0) is 4.79 Å². The van der Waals surface area contributed by atoms with Gasteiger partial charge in [0.2, 0.25) is 0 Å². The van der Waals surface area contributed by atoms with Crippen LogP contribution in [0.15, 0.2) is 42.0 Å². The van der Waals surface area contributed by atoms with Gasteiger partial charge in [-0.05, 0) is 43.7 Å². The number of carbonyl (C=O) groups is 1. The molecule has 2 aromatic rings. The van der Waals surface area contributed by atoms with Crippen molar-refractivity contribution in [1.29, 1.82) is 0 Å². The first-order valence-electron chi connectivity index (χ1n) is 8.12. The van der Waals surface area contributed by atoms with E-state index in [1.54, 1.807) is 30.3 Å². The summed E-state index contributed by atoms with van der Waals surface area (Å²) in [5, 5.41) is 12.3. The van der Waals surface area contributed by atoms with Crippen LogP contribution in [0, 0.1) is 0 Å². The smallest absolute Gasteiger partial charge is 0.153 e. The van der Waals surface area contributed by atoms with Crippen molar-refractivity contribution in [1.82, 2.24) is 0 Å². The molecular formula is C20H18ClO5-. The van der Waals surface area contributed by atoms with Crippen molar-refractivity contribution < 1.29 is 24.1 Å². The van der Waals surface area contributed by atoms with Crippen molar-refractivity contribution in [2.75, 3.05) is 7.11 Å². The molecule has 0 bridgehead atoms. The molecule has 0 amide bonds. The molecular weight excluding hydrogens is 356 g/mol. The largest absolute Gasteiger partial charge is 0.870 e. The molecule has 1 heterocycles. The molecule has 3 rings (SSSR count). The molecule has 0 saturated heterocycles. The van der Waals surface area contributed by atoms with Gasteiger partial charge in [-0.25, -0.2) is 0 Å². The first-order chi connectivity index (χ1) is 12.4. The molecule has 1 unspecified atom stereocenters. The van der Waals surface area contributed by atoms with Gasteiger partial charge in [-0.15, -0.1) is 0 Å². The summed E-state index contributed by atoms with van der Waals surface area (Å²) >= 11 is 6.47. The Balaban J connectivity index is 2.04. The molecule has 6 heteroatoms. The Morgan fingerprint density at radius 1 is 1.23 bits per heavy atom.